The summed E-state index contributed by atoms with van der Waals surface area (Å²) >= 11 is 0. The zero-order chi connectivity index (χ0) is 13.1. The number of ketones is 1. The summed E-state index contributed by atoms with van der Waals surface area (Å²) in [4.78, 5) is 14.2. The Balaban J connectivity index is 2.02. The van der Waals surface area contributed by atoms with E-state index in [9.17, 15) is 9.18 Å². The van der Waals surface area contributed by atoms with Crippen LogP contribution in [0.5, 0.6) is 0 Å². The Morgan fingerprint density at radius 2 is 2.06 bits per heavy atom. The standard InChI is InChI=1S/C15H20FNO/c1-11(2)17(9-12-7-8-12)10-15(18)13-5-3-4-6-14(13)16/h3-6,11-12H,7-10H2,1-2H3. The fourth-order valence-electron chi connectivity index (χ4n) is 2.05. The molecule has 1 saturated carbocycles. The van der Waals surface area contributed by atoms with Gasteiger partial charge in [0.25, 0.3) is 0 Å². The molecule has 1 aliphatic rings. The van der Waals surface area contributed by atoms with Gasteiger partial charge in [-0.2, -0.15) is 0 Å². The number of nitrogens with zero attached hydrogens (tertiary/aromatic N) is 1. The van der Waals surface area contributed by atoms with E-state index in [1.807, 2.05) is 0 Å². The summed E-state index contributed by atoms with van der Waals surface area (Å²) < 4.78 is 13.5. The minimum atomic E-state index is -0.419. The van der Waals surface area contributed by atoms with Gasteiger partial charge in [0, 0.05) is 12.6 Å². The van der Waals surface area contributed by atoms with Gasteiger partial charge < -0.3 is 0 Å². The number of Topliss-reactive ketones (excluding diaryl/α,β-unsaturated/α-hetero) is 1. The van der Waals surface area contributed by atoms with E-state index in [-0.39, 0.29) is 11.3 Å². The second-order valence-electron chi connectivity index (χ2n) is 5.37. The first-order valence-electron chi connectivity index (χ1n) is 6.59. The van der Waals surface area contributed by atoms with Crippen molar-refractivity contribution >= 4 is 5.78 Å². The van der Waals surface area contributed by atoms with Crippen molar-refractivity contribution in [3.05, 3.63) is 35.6 Å². The van der Waals surface area contributed by atoms with E-state index in [4.69, 9.17) is 0 Å². The molecule has 0 amide bonds. The van der Waals surface area contributed by atoms with Crippen LogP contribution in [-0.4, -0.2) is 29.8 Å². The first-order chi connectivity index (χ1) is 8.58. The largest absolute Gasteiger partial charge is 0.293 e. The van der Waals surface area contributed by atoms with Gasteiger partial charge in [0.05, 0.1) is 12.1 Å². The zero-order valence-corrected chi connectivity index (χ0v) is 11.0. The molecule has 0 unspecified atom stereocenters. The van der Waals surface area contributed by atoms with Gasteiger partial charge in [-0.05, 0) is 44.7 Å². The van der Waals surface area contributed by atoms with Gasteiger partial charge in [-0.3, -0.25) is 9.69 Å². The van der Waals surface area contributed by atoms with Crippen molar-refractivity contribution in [2.45, 2.75) is 32.7 Å². The summed E-state index contributed by atoms with van der Waals surface area (Å²) in [7, 11) is 0. The number of carbonyl (C=O) groups is 1. The van der Waals surface area contributed by atoms with E-state index in [1.54, 1.807) is 18.2 Å². The summed E-state index contributed by atoms with van der Waals surface area (Å²) in [5.74, 6) is 0.195. The summed E-state index contributed by atoms with van der Waals surface area (Å²) in [5.41, 5.74) is 0.207. The summed E-state index contributed by atoms with van der Waals surface area (Å²) in [6, 6.07) is 6.54. The second-order valence-corrected chi connectivity index (χ2v) is 5.37. The zero-order valence-electron chi connectivity index (χ0n) is 11.0. The van der Waals surface area contributed by atoms with Crippen LogP contribution < -0.4 is 0 Å². The van der Waals surface area contributed by atoms with E-state index in [0.29, 0.717) is 12.6 Å². The van der Waals surface area contributed by atoms with Crippen LogP contribution in [0.1, 0.15) is 37.0 Å². The van der Waals surface area contributed by atoms with Gasteiger partial charge in [0.1, 0.15) is 5.82 Å². The molecule has 1 aromatic rings. The van der Waals surface area contributed by atoms with E-state index in [0.717, 1.165) is 12.5 Å². The fraction of sp³-hybridized carbons (Fsp3) is 0.533. The van der Waals surface area contributed by atoms with Crippen molar-refractivity contribution < 1.29 is 9.18 Å². The summed E-state index contributed by atoms with van der Waals surface area (Å²) in [6.45, 7) is 5.43. The molecule has 0 atom stereocenters. The number of benzene rings is 1. The molecule has 0 N–H and O–H groups in total. The Kier molecular flexibility index (Phi) is 4.12. The molecule has 1 aliphatic carbocycles. The number of hydrogen-bond acceptors (Lipinski definition) is 2. The monoisotopic (exact) mass is 249 g/mol. The summed E-state index contributed by atoms with van der Waals surface area (Å²) in [6.07, 6.45) is 2.52. The maximum Gasteiger partial charge on any atom is 0.179 e. The number of hydrogen-bond donors (Lipinski definition) is 0. The molecule has 3 heteroatoms. The predicted octanol–water partition coefficient (Wildman–Crippen LogP) is 3.13. The van der Waals surface area contributed by atoms with Crippen LogP contribution >= 0.6 is 0 Å². The Morgan fingerprint density at radius 3 is 2.61 bits per heavy atom. The third-order valence-corrected chi connectivity index (χ3v) is 3.44. The molecule has 0 spiro atoms. The maximum absolute atomic E-state index is 13.5. The lowest BCUT2D eigenvalue weighted by molar-refractivity contribution is 0.0897. The normalized spacial score (nSPS) is 15.4. The fourth-order valence-corrected chi connectivity index (χ4v) is 2.05. The van der Waals surface area contributed by atoms with Crippen molar-refractivity contribution in [3.63, 3.8) is 0 Å². The van der Waals surface area contributed by atoms with Crippen LogP contribution in [-0.2, 0) is 0 Å². The van der Waals surface area contributed by atoms with E-state index >= 15 is 0 Å². The molecule has 0 aromatic heterocycles. The van der Waals surface area contributed by atoms with E-state index in [1.165, 1.54) is 18.9 Å². The first kappa shape index (κ1) is 13.2. The van der Waals surface area contributed by atoms with Gasteiger partial charge in [0.15, 0.2) is 5.78 Å². The average Bonchev–Trinajstić information content (AvgIpc) is 3.12. The van der Waals surface area contributed by atoms with Crippen LogP contribution in [0.4, 0.5) is 4.39 Å². The molecule has 2 rings (SSSR count). The minimum absolute atomic E-state index is 0.123. The Hall–Kier alpha value is -1.22. The maximum atomic E-state index is 13.5. The van der Waals surface area contributed by atoms with Gasteiger partial charge in [0.2, 0.25) is 0 Å². The third-order valence-electron chi connectivity index (χ3n) is 3.44. The minimum Gasteiger partial charge on any atom is -0.293 e. The Labute approximate surface area is 108 Å². The Morgan fingerprint density at radius 1 is 1.39 bits per heavy atom. The SMILES string of the molecule is CC(C)N(CC(=O)c1ccccc1F)CC1CC1. The van der Waals surface area contributed by atoms with Crippen molar-refractivity contribution in [2.75, 3.05) is 13.1 Å². The molecule has 0 radical (unpaired) electrons. The van der Waals surface area contributed by atoms with Crippen LogP contribution in [0.15, 0.2) is 24.3 Å². The highest BCUT2D eigenvalue weighted by Crippen LogP contribution is 2.30. The summed E-state index contributed by atoms with van der Waals surface area (Å²) in [5, 5.41) is 0. The second kappa shape index (κ2) is 5.61. The highest BCUT2D eigenvalue weighted by atomic mass is 19.1. The van der Waals surface area contributed by atoms with Gasteiger partial charge >= 0.3 is 0 Å². The highest BCUT2D eigenvalue weighted by molar-refractivity contribution is 5.97. The van der Waals surface area contributed by atoms with Crippen molar-refractivity contribution in [1.82, 2.24) is 4.90 Å². The highest BCUT2D eigenvalue weighted by Gasteiger charge is 2.27. The molecule has 0 heterocycles. The molecular formula is C15H20FNO. The third kappa shape index (κ3) is 3.39. The molecule has 1 aromatic carbocycles. The lowest BCUT2D eigenvalue weighted by atomic mass is 10.1. The predicted molar refractivity (Wildman–Crippen MR) is 70.2 cm³/mol. The van der Waals surface area contributed by atoms with E-state index in [2.05, 4.69) is 18.7 Å². The molecule has 2 nitrogen and oxygen atoms in total. The average molecular weight is 249 g/mol. The number of halogens is 1. The van der Waals surface area contributed by atoms with Crippen LogP contribution in [0.2, 0.25) is 0 Å². The Bertz CT molecular complexity index is 426. The van der Waals surface area contributed by atoms with Gasteiger partial charge in [-0.1, -0.05) is 12.1 Å². The van der Waals surface area contributed by atoms with Crippen LogP contribution in [0.25, 0.3) is 0 Å². The molecule has 0 saturated heterocycles. The molecule has 0 bridgehead atoms. The molecule has 0 aliphatic heterocycles. The van der Waals surface area contributed by atoms with E-state index < -0.39 is 5.82 Å². The first-order valence-corrected chi connectivity index (χ1v) is 6.59. The lowest BCUT2D eigenvalue weighted by Gasteiger charge is -2.25. The quantitative estimate of drug-likeness (QED) is 0.722. The van der Waals surface area contributed by atoms with Gasteiger partial charge in [-0.25, -0.2) is 4.39 Å². The van der Waals surface area contributed by atoms with Crippen molar-refractivity contribution in [1.29, 1.82) is 0 Å². The van der Waals surface area contributed by atoms with Crippen LogP contribution in [0, 0.1) is 11.7 Å². The molecule has 1 fully saturated rings. The number of carbonyl (C=O) groups excluding carboxylic acids is 1. The number of rotatable bonds is 6. The topological polar surface area (TPSA) is 20.3 Å². The lowest BCUT2D eigenvalue weighted by Crippen LogP contribution is -2.37. The van der Waals surface area contributed by atoms with Gasteiger partial charge in [-0.15, -0.1) is 0 Å². The molecule has 98 valence electrons. The molecular weight excluding hydrogens is 229 g/mol. The molecule has 18 heavy (non-hydrogen) atoms. The van der Waals surface area contributed by atoms with Crippen LogP contribution in [0.3, 0.4) is 0 Å². The van der Waals surface area contributed by atoms with Crippen molar-refractivity contribution in [3.8, 4) is 0 Å². The van der Waals surface area contributed by atoms with Crippen molar-refractivity contribution in [2.24, 2.45) is 5.92 Å². The smallest absolute Gasteiger partial charge is 0.179 e.